The first-order valence-electron chi connectivity index (χ1n) is 8.51. The van der Waals surface area contributed by atoms with Crippen LogP contribution in [-0.4, -0.2) is 60.6 Å². The Kier molecular flexibility index (Phi) is 4.38. The van der Waals surface area contributed by atoms with Gasteiger partial charge in [-0.15, -0.1) is 0 Å². The van der Waals surface area contributed by atoms with E-state index < -0.39 is 26.5 Å². The average Bonchev–Trinajstić information content (AvgIpc) is 3.45. The highest BCUT2D eigenvalue weighted by Gasteiger charge is 2.60. The van der Waals surface area contributed by atoms with Crippen LogP contribution >= 0.6 is 0 Å². The molecule has 0 unspecified atom stereocenters. The number of nitrogens with zero attached hydrogens (tertiary/aromatic N) is 1. The molecule has 3 N–H and O–H groups in total. The zero-order valence-electron chi connectivity index (χ0n) is 14.2. The van der Waals surface area contributed by atoms with Crippen molar-refractivity contribution in [2.24, 2.45) is 5.73 Å². The number of carbonyl (C=O) groups is 2. The number of rotatable bonds is 6. The summed E-state index contributed by atoms with van der Waals surface area (Å²) in [4.78, 5) is 25.6. The molecule has 0 aromatic rings. The SMILES string of the molecule is CCOC(=O)C(N)=C1CCN(CC2(S(=O)(=O)C3CC3)CC2)C(=O)C1=N. The van der Waals surface area contributed by atoms with Gasteiger partial charge in [-0.05, 0) is 39.0 Å². The van der Waals surface area contributed by atoms with Crippen LogP contribution in [-0.2, 0) is 24.2 Å². The number of piperidine rings is 1. The van der Waals surface area contributed by atoms with Crippen LogP contribution in [0.5, 0.6) is 0 Å². The second-order valence-corrected chi connectivity index (χ2v) is 9.51. The number of nitrogens with two attached hydrogens (primary N) is 1. The molecule has 0 spiro atoms. The van der Waals surface area contributed by atoms with Crippen molar-refractivity contribution in [3.63, 3.8) is 0 Å². The van der Waals surface area contributed by atoms with Crippen LogP contribution in [0, 0.1) is 5.41 Å². The van der Waals surface area contributed by atoms with Gasteiger partial charge in [0.05, 0.1) is 16.6 Å². The first kappa shape index (κ1) is 17.9. The average molecular weight is 369 g/mol. The van der Waals surface area contributed by atoms with E-state index in [4.69, 9.17) is 15.9 Å². The predicted molar refractivity (Wildman–Crippen MR) is 90.7 cm³/mol. The van der Waals surface area contributed by atoms with Crippen molar-refractivity contribution in [2.45, 2.75) is 49.0 Å². The number of nitrogens with one attached hydrogen (secondary N) is 1. The quantitative estimate of drug-likeness (QED) is 0.505. The van der Waals surface area contributed by atoms with Gasteiger partial charge in [0, 0.05) is 18.7 Å². The molecule has 3 rings (SSSR count). The molecule has 3 fully saturated rings. The Hall–Kier alpha value is -1.90. The van der Waals surface area contributed by atoms with Gasteiger partial charge < -0.3 is 15.4 Å². The van der Waals surface area contributed by atoms with E-state index in [-0.39, 0.29) is 48.3 Å². The molecular weight excluding hydrogens is 346 g/mol. The topological polar surface area (TPSA) is 131 Å². The molecule has 0 aromatic carbocycles. The minimum absolute atomic E-state index is 0.125. The fraction of sp³-hybridized carbons (Fsp3) is 0.688. The van der Waals surface area contributed by atoms with E-state index in [1.54, 1.807) is 6.92 Å². The zero-order chi connectivity index (χ0) is 18.4. The second-order valence-electron chi connectivity index (χ2n) is 6.89. The van der Waals surface area contributed by atoms with Crippen LogP contribution in [0.25, 0.3) is 0 Å². The van der Waals surface area contributed by atoms with E-state index in [2.05, 4.69) is 0 Å². The summed E-state index contributed by atoms with van der Waals surface area (Å²) >= 11 is 0. The van der Waals surface area contributed by atoms with E-state index in [0.717, 1.165) is 0 Å². The Morgan fingerprint density at radius 2 is 2.04 bits per heavy atom. The maximum Gasteiger partial charge on any atom is 0.354 e. The highest BCUT2D eigenvalue weighted by Crippen LogP contribution is 2.50. The van der Waals surface area contributed by atoms with E-state index in [0.29, 0.717) is 25.7 Å². The molecule has 0 bridgehead atoms. The zero-order valence-corrected chi connectivity index (χ0v) is 15.0. The number of sulfone groups is 1. The fourth-order valence-corrected chi connectivity index (χ4v) is 5.74. The molecule has 1 heterocycles. The minimum Gasteiger partial charge on any atom is -0.461 e. The number of ether oxygens (including phenoxy) is 1. The largest absolute Gasteiger partial charge is 0.461 e. The van der Waals surface area contributed by atoms with Gasteiger partial charge in [0.25, 0.3) is 5.91 Å². The van der Waals surface area contributed by atoms with Crippen molar-refractivity contribution < 1.29 is 22.7 Å². The lowest BCUT2D eigenvalue weighted by atomic mass is 9.98. The highest BCUT2D eigenvalue weighted by molar-refractivity contribution is 7.94. The van der Waals surface area contributed by atoms with Crippen LogP contribution in [0.3, 0.4) is 0 Å². The molecule has 138 valence electrons. The Morgan fingerprint density at radius 1 is 1.40 bits per heavy atom. The van der Waals surface area contributed by atoms with Crippen LogP contribution in [0.2, 0.25) is 0 Å². The van der Waals surface area contributed by atoms with Crippen LogP contribution < -0.4 is 5.73 Å². The highest BCUT2D eigenvalue weighted by atomic mass is 32.2. The molecule has 0 atom stereocenters. The summed E-state index contributed by atoms with van der Waals surface area (Å²) in [6, 6.07) is 0. The van der Waals surface area contributed by atoms with E-state index in [9.17, 15) is 18.0 Å². The lowest BCUT2D eigenvalue weighted by Crippen LogP contribution is -2.49. The van der Waals surface area contributed by atoms with Gasteiger partial charge in [-0.2, -0.15) is 0 Å². The van der Waals surface area contributed by atoms with Crippen molar-refractivity contribution >= 4 is 27.4 Å². The maximum absolute atomic E-state index is 12.6. The standard InChI is InChI=1S/C16H23N3O5S/c1-2-24-15(21)13(18)11-5-8-19(14(20)12(11)17)9-16(6-7-16)25(22,23)10-3-4-10/h10,17H,2-9,18H2,1H3. The number of hydrogen-bond acceptors (Lipinski definition) is 7. The summed E-state index contributed by atoms with van der Waals surface area (Å²) in [6.45, 7) is 2.17. The van der Waals surface area contributed by atoms with Crippen LogP contribution in [0.4, 0.5) is 0 Å². The van der Waals surface area contributed by atoms with Gasteiger partial charge in [0.1, 0.15) is 11.4 Å². The number of carbonyl (C=O) groups excluding carboxylic acids is 2. The molecule has 9 heteroatoms. The third-order valence-corrected chi connectivity index (χ3v) is 8.20. The monoisotopic (exact) mass is 369 g/mol. The molecule has 2 aliphatic carbocycles. The first-order chi connectivity index (χ1) is 11.7. The van der Waals surface area contributed by atoms with Gasteiger partial charge in [-0.25, -0.2) is 13.2 Å². The van der Waals surface area contributed by atoms with Crippen molar-refractivity contribution in [3.8, 4) is 0 Å². The van der Waals surface area contributed by atoms with Gasteiger partial charge in [0.2, 0.25) is 0 Å². The Balaban J connectivity index is 1.74. The summed E-state index contributed by atoms with van der Waals surface area (Å²) in [5.41, 5.74) is 5.34. The molecule has 25 heavy (non-hydrogen) atoms. The Morgan fingerprint density at radius 3 is 2.56 bits per heavy atom. The molecule has 3 aliphatic rings. The fourth-order valence-electron chi connectivity index (χ4n) is 3.26. The summed E-state index contributed by atoms with van der Waals surface area (Å²) in [7, 11) is -3.22. The van der Waals surface area contributed by atoms with Crippen LogP contribution in [0.1, 0.15) is 39.0 Å². The molecule has 0 radical (unpaired) electrons. The minimum atomic E-state index is -3.22. The van der Waals surface area contributed by atoms with Gasteiger partial charge in [-0.1, -0.05) is 0 Å². The van der Waals surface area contributed by atoms with Crippen molar-refractivity contribution in [1.29, 1.82) is 5.41 Å². The van der Waals surface area contributed by atoms with E-state index >= 15 is 0 Å². The van der Waals surface area contributed by atoms with E-state index in [1.165, 1.54) is 4.90 Å². The molecule has 8 nitrogen and oxygen atoms in total. The van der Waals surface area contributed by atoms with Crippen molar-refractivity contribution in [3.05, 3.63) is 11.3 Å². The van der Waals surface area contributed by atoms with Gasteiger partial charge in [-0.3, -0.25) is 10.2 Å². The molecule has 1 saturated heterocycles. The number of amides is 1. The molecule has 1 amide bonds. The summed E-state index contributed by atoms with van der Waals surface area (Å²) in [5, 5.41) is 7.77. The predicted octanol–water partition coefficient (Wildman–Crippen LogP) is 0.124. The Bertz CT molecular complexity index is 763. The third-order valence-electron chi connectivity index (χ3n) is 5.11. The lowest BCUT2D eigenvalue weighted by Gasteiger charge is -2.32. The van der Waals surface area contributed by atoms with Gasteiger partial charge >= 0.3 is 5.97 Å². The lowest BCUT2D eigenvalue weighted by molar-refractivity contribution is -0.138. The number of hydrogen-bond donors (Lipinski definition) is 2. The third kappa shape index (κ3) is 3.05. The first-order valence-corrected chi connectivity index (χ1v) is 10.1. The number of likely N-dealkylation sites (tertiary alicyclic amines) is 1. The molecule has 1 aliphatic heterocycles. The summed E-state index contributed by atoms with van der Waals surface area (Å²) in [6.07, 6.45) is 2.79. The van der Waals surface area contributed by atoms with Crippen molar-refractivity contribution in [2.75, 3.05) is 19.7 Å². The van der Waals surface area contributed by atoms with Crippen molar-refractivity contribution in [1.82, 2.24) is 4.90 Å². The Labute approximate surface area is 146 Å². The smallest absolute Gasteiger partial charge is 0.354 e. The maximum atomic E-state index is 12.6. The number of esters is 1. The summed E-state index contributed by atoms with van der Waals surface area (Å²) in [5.74, 6) is -1.32. The van der Waals surface area contributed by atoms with Gasteiger partial charge in [0.15, 0.2) is 9.84 Å². The summed E-state index contributed by atoms with van der Waals surface area (Å²) < 4.78 is 29.2. The van der Waals surface area contributed by atoms with Crippen LogP contribution in [0.15, 0.2) is 11.3 Å². The molecule has 2 saturated carbocycles. The molecule has 0 aromatic heterocycles. The normalized spacial score (nSPS) is 24.9. The molecular formula is C16H23N3O5S. The second kappa shape index (κ2) is 6.12. The van der Waals surface area contributed by atoms with E-state index in [1.807, 2.05) is 0 Å².